The van der Waals surface area contributed by atoms with Gasteiger partial charge >= 0.3 is 6.03 Å². The minimum atomic E-state index is -0.420. The molecule has 0 atom stereocenters. The van der Waals surface area contributed by atoms with Gasteiger partial charge in [0, 0.05) is 7.11 Å². The maximum absolute atomic E-state index is 11.5. The van der Waals surface area contributed by atoms with Crippen molar-refractivity contribution in [3.8, 4) is 0 Å². The first-order chi connectivity index (χ1) is 8.65. The Balaban J connectivity index is 2.34. The molecule has 0 heterocycles. The Morgan fingerprint density at radius 1 is 1.33 bits per heavy atom. The van der Waals surface area contributed by atoms with E-state index < -0.39 is 6.03 Å². The molecule has 0 bridgehead atoms. The zero-order chi connectivity index (χ0) is 13.4. The number of hydrogen-bond acceptors (Lipinski definition) is 3. The lowest BCUT2D eigenvalue weighted by Crippen LogP contribution is -2.31. The summed E-state index contributed by atoms with van der Waals surface area (Å²) in [6.07, 6.45) is 0. The number of benzene rings is 1. The number of urea groups is 1. The molecule has 100 valence electrons. The average molecular weight is 293 g/mol. The summed E-state index contributed by atoms with van der Waals surface area (Å²) in [5.74, 6) is 0. The molecule has 2 N–H and O–H groups in total. The van der Waals surface area contributed by atoms with E-state index in [0.29, 0.717) is 28.9 Å². The zero-order valence-electron chi connectivity index (χ0n) is 9.83. The highest BCUT2D eigenvalue weighted by Crippen LogP contribution is 2.29. The maximum atomic E-state index is 11.5. The fourth-order valence-corrected chi connectivity index (χ4v) is 1.45. The van der Waals surface area contributed by atoms with Crippen LogP contribution >= 0.6 is 23.2 Å². The predicted octanol–water partition coefficient (Wildman–Crippen LogP) is 2.74. The van der Waals surface area contributed by atoms with Gasteiger partial charge in [-0.3, -0.25) is 0 Å². The highest BCUT2D eigenvalue weighted by Gasteiger charge is 2.07. The van der Waals surface area contributed by atoms with Crippen LogP contribution in [0.2, 0.25) is 10.0 Å². The molecule has 2 amide bonds. The van der Waals surface area contributed by atoms with Crippen LogP contribution in [0.15, 0.2) is 18.2 Å². The molecular weight excluding hydrogens is 279 g/mol. The Labute approximate surface area is 115 Å². The second-order valence-corrected chi connectivity index (χ2v) is 4.06. The van der Waals surface area contributed by atoms with Crippen LogP contribution in [-0.4, -0.2) is 33.1 Å². The molecule has 0 saturated carbocycles. The lowest BCUT2D eigenvalue weighted by Gasteiger charge is -2.09. The van der Waals surface area contributed by atoms with Crippen molar-refractivity contribution >= 4 is 34.9 Å². The van der Waals surface area contributed by atoms with Crippen LogP contribution in [0.5, 0.6) is 0 Å². The number of carbonyl (C=O) groups excluding carboxylic acids is 1. The fraction of sp³-hybridized carbons (Fsp3) is 0.364. The van der Waals surface area contributed by atoms with E-state index in [9.17, 15) is 4.79 Å². The summed E-state index contributed by atoms with van der Waals surface area (Å²) in [5.41, 5.74) is 0.443. The van der Waals surface area contributed by atoms with Crippen LogP contribution < -0.4 is 10.6 Å². The monoisotopic (exact) mass is 292 g/mol. The number of rotatable bonds is 6. The molecule has 0 radical (unpaired) electrons. The Hall–Kier alpha value is -1.01. The molecule has 7 heteroatoms. The topological polar surface area (TPSA) is 59.6 Å². The molecule has 0 aliphatic carbocycles. The summed E-state index contributed by atoms with van der Waals surface area (Å²) in [5, 5.41) is 5.75. The molecule has 0 saturated heterocycles. The van der Waals surface area contributed by atoms with Crippen molar-refractivity contribution in [2.75, 3.05) is 32.4 Å². The Bertz CT molecular complexity index is 402. The Morgan fingerprint density at radius 2 is 2.11 bits per heavy atom. The molecular formula is C11H14Cl2N2O3. The van der Waals surface area contributed by atoms with Crippen molar-refractivity contribution in [3.63, 3.8) is 0 Å². The van der Waals surface area contributed by atoms with Gasteiger partial charge < -0.3 is 20.1 Å². The summed E-state index contributed by atoms with van der Waals surface area (Å²) in [6, 6.07) is 4.57. The van der Waals surface area contributed by atoms with Gasteiger partial charge in [0.15, 0.2) is 0 Å². The van der Waals surface area contributed by atoms with Gasteiger partial charge in [-0.15, -0.1) is 0 Å². The number of anilines is 1. The molecule has 0 unspecified atom stereocenters. The number of hydrogen-bond donors (Lipinski definition) is 2. The largest absolute Gasteiger partial charge is 0.382 e. The summed E-state index contributed by atoms with van der Waals surface area (Å²) in [6.45, 7) is 0.978. The minimum Gasteiger partial charge on any atom is -0.382 e. The number of carbonyl (C=O) groups is 1. The van der Waals surface area contributed by atoms with Gasteiger partial charge in [-0.2, -0.15) is 0 Å². The third kappa shape index (κ3) is 5.10. The van der Waals surface area contributed by atoms with E-state index in [0.717, 1.165) is 0 Å². The third-order valence-corrected chi connectivity index (χ3v) is 2.79. The van der Waals surface area contributed by atoms with Crippen molar-refractivity contribution in [1.29, 1.82) is 0 Å². The van der Waals surface area contributed by atoms with Crippen molar-refractivity contribution < 1.29 is 14.3 Å². The maximum Gasteiger partial charge on any atom is 0.321 e. The van der Waals surface area contributed by atoms with E-state index in [2.05, 4.69) is 10.6 Å². The summed E-state index contributed by atoms with van der Waals surface area (Å²) < 4.78 is 9.87. The molecule has 5 nitrogen and oxygen atoms in total. The van der Waals surface area contributed by atoms with Gasteiger partial charge in [0.25, 0.3) is 0 Å². The molecule has 0 spiro atoms. The van der Waals surface area contributed by atoms with E-state index in [4.69, 9.17) is 32.7 Å². The molecule has 0 aliphatic heterocycles. The van der Waals surface area contributed by atoms with Crippen molar-refractivity contribution in [2.45, 2.75) is 0 Å². The van der Waals surface area contributed by atoms with Crippen molar-refractivity contribution in [1.82, 2.24) is 5.32 Å². The summed E-state index contributed by atoms with van der Waals surface area (Å²) >= 11 is 11.7. The number of ether oxygens (including phenoxy) is 2. The second-order valence-electron chi connectivity index (χ2n) is 3.28. The lowest BCUT2D eigenvalue weighted by atomic mass is 10.3. The van der Waals surface area contributed by atoms with Gasteiger partial charge in [0.2, 0.25) is 0 Å². The Morgan fingerprint density at radius 3 is 2.83 bits per heavy atom. The van der Waals surface area contributed by atoms with E-state index >= 15 is 0 Å². The van der Waals surface area contributed by atoms with Gasteiger partial charge in [0.05, 0.1) is 28.9 Å². The quantitative estimate of drug-likeness (QED) is 0.626. The smallest absolute Gasteiger partial charge is 0.321 e. The third-order valence-electron chi connectivity index (χ3n) is 1.97. The SMILES string of the molecule is COCCOCNC(=O)Nc1cccc(Cl)c1Cl. The molecule has 1 aromatic rings. The lowest BCUT2D eigenvalue weighted by molar-refractivity contribution is 0.0650. The number of halogens is 2. The van der Waals surface area contributed by atoms with Crippen LogP contribution in [0, 0.1) is 0 Å². The van der Waals surface area contributed by atoms with Crippen molar-refractivity contribution in [2.24, 2.45) is 0 Å². The van der Waals surface area contributed by atoms with Gasteiger partial charge in [-0.1, -0.05) is 29.3 Å². The van der Waals surface area contributed by atoms with E-state index in [1.54, 1.807) is 25.3 Å². The Kier molecular flexibility index (Phi) is 6.82. The summed E-state index contributed by atoms with van der Waals surface area (Å²) in [4.78, 5) is 11.5. The van der Waals surface area contributed by atoms with Crippen LogP contribution in [0.3, 0.4) is 0 Å². The predicted molar refractivity (Wildman–Crippen MR) is 71.3 cm³/mol. The fourth-order valence-electron chi connectivity index (χ4n) is 1.10. The molecule has 1 aromatic carbocycles. The minimum absolute atomic E-state index is 0.0907. The van der Waals surface area contributed by atoms with Crippen molar-refractivity contribution in [3.05, 3.63) is 28.2 Å². The highest BCUT2D eigenvalue weighted by molar-refractivity contribution is 6.43. The van der Waals surface area contributed by atoms with Crippen LogP contribution in [0.25, 0.3) is 0 Å². The van der Waals surface area contributed by atoms with Gasteiger partial charge in [0.1, 0.15) is 6.73 Å². The standard InChI is InChI=1S/C11H14Cl2N2O3/c1-17-5-6-18-7-14-11(16)15-9-4-2-3-8(12)10(9)13/h2-4H,5-7H2,1H3,(H2,14,15,16). The number of amides is 2. The number of nitrogens with one attached hydrogen (secondary N) is 2. The molecule has 1 rings (SSSR count). The highest BCUT2D eigenvalue weighted by atomic mass is 35.5. The van der Waals surface area contributed by atoms with Crippen LogP contribution in [0.1, 0.15) is 0 Å². The van der Waals surface area contributed by atoms with Gasteiger partial charge in [-0.05, 0) is 12.1 Å². The van der Waals surface area contributed by atoms with Gasteiger partial charge in [-0.25, -0.2) is 4.79 Å². The first-order valence-electron chi connectivity index (χ1n) is 5.20. The molecule has 0 fully saturated rings. The number of methoxy groups -OCH3 is 1. The molecule has 0 aliphatic rings. The normalized spacial score (nSPS) is 10.2. The molecule has 18 heavy (non-hydrogen) atoms. The first-order valence-corrected chi connectivity index (χ1v) is 5.96. The second kappa shape index (κ2) is 8.16. The first kappa shape index (κ1) is 15.0. The van der Waals surface area contributed by atoms with E-state index in [-0.39, 0.29) is 6.73 Å². The van der Waals surface area contributed by atoms with Crippen LogP contribution in [0.4, 0.5) is 10.5 Å². The van der Waals surface area contributed by atoms with Crippen LogP contribution in [-0.2, 0) is 9.47 Å². The van der Waals surface area contributed by atoms with E-state index in [1.165, 1.54) is 0 Å². The van der Waals surface area contributed by atoms with E-state index in [1.807, 2.05) is 0 Å². The average Bonchev–Trinajstić information content (AvgIpc) is 2.35. The molecule has 0 aromatic heterocycles. The summed E-state index contributed by atoms with van der Waals surface area (Å²) in [7, 11) is 1.57. The zero-order valence-corrected chi connectivity index (χ0v) is 11.3.